The van der Waals surface area contributed by atoms with Crippen molar-refractivity contribution in [2.24, 2.45) is 0 Å². The minimum atomic E-state index is -0.710. The largest absolute Gasteiger partial charge is 0.495 e. The van der Waals surface area contributed by atoms with Crippen LogP contribution < -0.4 is 15.4 Å². The molecule has 6 nitrogen and oxygen atoms in total. The van der Waals surface area contributed by atoms with Crippen molar-refractivity contribution in [2.45, 2.75) is 6.92 Å². The third-order valence-corrected chi connectivity index (χ3v) is 4.03. The molecule has 0 bridgehead atoms. The van der Waals surface area contributed by atoms with Crippen molar-refractivity contribution in [1.29, 1.82) is 0 Å². The zero-order valence-electron chi connectivity index (χ0n) is 14.6. The van der Waals surface area contributed by atoms with Gasteiger partial charge in [-0.25, -0.2) is 4.39 Å². The number of nitrogens with one attached hydrogen (secondary N) is 2. The van der Waals surface area contributed by atoms with Crippen LogP contribution in [0.15, 0.2) is 48.5 Å². The smallest absolute Gasteiger partial charge is 0.261 e. The van der Waals surface area contributed by atoms with Gasteiger partial charge in [0.25, 0.3) is 5.91 Å². The average Bonchev–Trinajstić information content (AvgIpc) is 2.63. The highest BCUT2D eigenvalue weighted by Gasteiger charge is 2.16. The lowest BCUT2D eigenvalue weighted by Crippen LogP contribution is -2.15. The molecular weight excluding hydrogens is 371 g/mol. The van der Waals surface area contributed by atoms with Crippen molar-refractivity contribution >= 4 is 34.8 Å². The zero-order chi connectivity index (χ0) is 19.4. The van der Waals surface area contributed by atoms with Crippen molar-refractivity contribution in [2.75, 3.05) is 17.7 Å². The molecule has 0 aliphatic carbocycles. The topological polar surface area (TPSA) is 76.1 Å². The Kier molecular flexibility index (Phi) is 5.52. The van der Waals surface area contributed by atoms with Crippen molar-refractivity contribution in [3.8, 4) is 5.75 Å². The number of halogens is 2. The minimum Gasteiger partial charge on any atom is -0.495 e. The number of carbonyl (C=O) groups excluding carboxylic acids is 1. The number of anilines is 3. The van der Waals surface area contributed by atoms with Crippen molar-refractivity contribution < 1.29 is 13.9 Å². The van der Waals surface area contributed by atoms with Gasteiger partial charge in [0.05, 0.1) is 23.4 Å². The van der Waals surface area contributed by atoms with E-state index in [1.807, 2.05) is 25.1 Å². The second-order valence-corrected chi connectivity index (χ2v) is 6.09. The van der Waals surface area contributed by atoms with Gasteiger partial charge >= 0.3 is 0 Å². The highest BCUT2D eigenvalue weighted by molar-refractivity contribution is 6.34. The summed E-state index contributed by atoms with van der Waals surface area (Å²) in [5, 5.41) is 13.5. The molecule has 0 radical (unpaired) electrons. The summed E-state index contributed by atoms with van der Waals surface area (Å²) < 4.78 is 19.1. The van der Waals surface area contributed by atoms with Gasteiger partial charge < -0.3 is 15.4 Å². The molecule has 0 aliphatic rings. The lowest BCUT2D eigenvalue weighted by Gasteiger charge is -2.11. The van der Waals surface area contributed by atoms with E-state index < -0.39 is 11.7 Å². The van der Waals surface area contributed by atoms with Crippen molar-refractivity contribution in [3.05, 3.63) is 70.5 Å². The molecule has 138 valence electrons. The number of carbonyl (C=O) groups is 1. The van der Waals surface area contributed by atoms with Gasteiger partial charge in [-0.1, -0.05) is 23.7 Å². The summed E-state index contributed by atoms with van der Waals surface area (Å²) in [6.45, 7) is 1.96. The summed E-state index contributed by atoms with van der Waals surface area (Å²) in [6, 6.07) is 12.9. The fourth-order valence-corrected chi connectivity index (χ4v) is 2.67. The van der Waals surface area contributed by atoms with E-state index in [9.17, 15) is 9.18 Å². The van der Waals surface area contributed by atoms with Gasteiger partial charge in [0.15, 0.2) is 11.6 Å². The zero-order valence-corrected chi connectivity index (χ0v) is 15.3. The van der Waals surface area contributed by atoms with E-state index in [4.69, 9.17) is 16.3 Å². The maximum absolute atomic E-state index is 13.8. The van der Waals surface area contributed by atoms with Crippen LogP contribution in [0.5, 0.6) is 5.75 Å². The van der Waals surface area contributed by atoms with Gasteiger partial charge in [-0.2, -0.15) is 0 Å². The summed E-state index contributed by atoms with van der Waals surface area (Å²) >= 11 is 5.89. The fourth-order valence-electron chi connectivity index (χ4n) is 2.42. The summed E-state index contributed by atoms with van der Waals surface area (Å²) in [6.07, 6.45) is 0. The van der Waals surface area contributed by atoms with Crippen LogP contribution in [0.3, 0.4) is 0 Å². The SMILES string of the molecule is COc1ccc(C)cc1Nc1ccc(NC(=O)c2c(F)cccc2Cl)nn1. The second-order valence-electron chi connectivity index (χ2n) is 5.68. The Labute approximate surface area is 160 Å². The molecule has 2 aromatic carbocycles. The van der Waals surface area contributed by atoms with E-state index in [1.54, 1.807) is 19.2 Å². The third kappa shape index (κ3) is 4.32. The number of aryl methyl sites for hydroxylation is 1. The number of hydrogen-bond acceptors (Lipinski definition) is 5. The van der Waals surface area contributed by atoms with Crippen LogP contribution in [-0.2, 0) is 0 Å². The number of aromatic nitrogens is 2. The lowest BCUT2D eigenvalue weighted by atomic mass is 10.2. The summed E-state index contributed by atoms with van der Waals surface area (Å²) in [4.78, 5) is 12.2. The van der Waals surface area contributed by atoms with Crippen LogP contribution in [0.4, 0.5) is 21.7 Å². The Morgan fingerprint density at radius 1 is 1.11 bits per heavy atom. The molecule has 3 aromatic rings. The molecule has 1 amide bonds. The molecule has 0 spiro atoms. The number of ether oxygens (including phenoxy) is 1. The van der Waals surface area contributed by atoms with E-state index in [0.717, 1.165) is 17.3 Å². The van der Waals surface area contributed by atoms with E-state index in [-0.39, 0.29) is 16.4 Å². The van der Waals surface area contributed by atoms with E-state index >= 15 is 0 Å². The lowest BCUT2D eigenvalue weighted by molar-refractivity contribution is 0.102. The normalized spacial score (nSPS) is 10.4. The van der Waals surface area contributed by atoms with Crippen LogP contribution in [0.25, 0.3) is 0 Å². The summed E-state index contributed by atoms with van der Waals surface area (Å²) in [5.74, 6) is -0.123. The van der Waals surface area contributed by atoms with Crippen molar-refractivity contribution in [3.63, 3.8) is 0 Å². The van der Waals surface area contributed by atoms with Gasteiger partial charge in [-0.15, -0.1) is 10.2 Å². The number of nitrogens with zero attached hydrogens (tertiary/aromatic N) is 2. The number of amides is 1. The Balaban J connectivity index is 1.74. The number of methoxy groups -OCH3 is 1. The van der Waals surface area contributed by atoms with Crippen LogP contribution in [0.2, 0.25) is 5.02 Å². The quantitative estimate of drug-likeness (QED) is 0.671. The average molecular weight is 387 g/mol. The molecule has 27 heavy (non-hydrogen) atoms. The van der Waals surface area contributed by atoms with Gasteiger partial charge in [0.1, 0.15) is 11.6 Å². The first-order valence-electron chi connectivity index (χ1n) is 7.98. The predicted octanol–water partition coefficient (Wildman–Crippen LogP) is 4.58. The van der Waals surface area contributed by atoms with Gasteiger partial charge in [0.2, 0.25) is 0 Å². The highest BCUT2D eigenvalue weighted by atomic mass is 35.5. The first-order chi connectivity index (χ1) is 13.0. The molecular formula is C19H16ClFN4O2. The molecule has 1 heterocycles. The monoisotopic (exact) mass is 386 g/mol. The summed E-state index contributed by atoms with van der Waals surface area (Å²) in [7, 11) is 1.58. The van der Waals surface area contributed by atoms with E-state index in [2.05, 4.69) is 20.8 Å². The van der Waals surface area contributed by atoms with Gasteiger partial charge in [-0.3, -0.25) is 4.79 Å². The molecule has 2 N–H and O–H groups in total. The van der Waals surface area contributed by atoms with Crippen LogP contribution in [0.1, 0.15) is 15.9 Å². The van der Waals surface area contributed by atoms with E-state index in [1.165, 1.54) is 12.1 Å². The third-order valence-electron chi connectivity index (χ3n) is 3.71. The molecule has 1 aromatic heterocycles. The Hall–Kier alpha value is -3.19. The molecule has 8 heteroatoms. The van der Waals surface area contributed by atoms with Crippen LogP contribution in [0, 0.1) is 12.7 Å². The van der Waals surface area contributed by atoms with Crippen molar-refractivity contribution in [1.82, 2.24) is 10.2 Å². The maximum atomic E-state index is 13.8. The van der Waals surface area contributed by atoms with Gasteiger partial charge in [0, 0.05) is 0 Å². The first-order valence-corrected chi connectivity index (χ1v) is 8.36. The van der Waals surface area contributed by atoms with Crippen LogP contribution >= 0.6 is 11.6 Å². The molecule has 0 saturated carbocycles. The van der Waals surface area contributed by atoms with Crippen LogP contribution in [-0.4, -0.2) is 23.2 Å². The number of rotatable bonds is 5. The summed E-state index contributed by atoms with van der Waals surface area (Å²) in [5.41, 5.74) is 1.55. The standard InChI is InChI=1S/C19H16ClFN4O2/c1-11-6-7-15(27-2)14(10-11)22-16-8-9-17(25-24-16)23-19(26)18-12(20)4-3-5-13(18)21/h3-10H,1-2H3,(H,22,24)(H,23,25,26). The molecule has 0 unspecified atom stereocenters. The highest BCUT2D eigenvalue weighted by Crippen LogP contribution is 2.28. The first kappa shape index (κ1) is 18.6. The Bertz CT molecular complexity index is 960. The maximum Gasteiger partial charge on any atom is 0.261 e. The minimum absolute atomic E-state index is 0.0188. The molecule has 0 saturated heterocycles. The Morgan fingerprint density at radius 3 is 2.52 bits per heavy atom. The molecule has 0 atom stereocenters. The Morgan fingerprint density at radius 2 is 1.85 bits per heavy atom. The van der Waals surface area contributed by atoms with E-state index in [0.29, 0.717) is 11.6 Å². The molecule has 0 aliphatic heterocycles. The second kappa shape index (κ2) is 8.01. The predicted molar refractivity (Wildman–Crippen MR) is 102 cm³/mol. The molecule has 0 fully saturated rings. The molecule has 3 rings (SSSR count). The van der Waals surface area contributed by atoms with Gasteiger partial charge in [-0.05, 0) is 48.9 Å². The number of hydrogen-bond donors (Lipinski definition) is 2. The fraction of sp³-hybridized carbons (Fsp3) is 0.105. The number of benzene rings is 2.